The first-order chi connectivity index (χ1) is 13.5. The van der Waals surface area contributed by atoms with Gasteiger partial charge in [0.25, 0.3) is 0 Å². The summed E-state index contributed by atoms with van der Waals surface area (Å²) in [5, 5.41) is 3.48. The molecule has 9 heteroatoms. The van der Waals surface area contributed by atoms with E-state index < -0.39 is 11.7 Å². The van der Waals surface area contributed by atoms with Crippen molar-refractivity contribution >= 4 is 22.3 Å². The predicted molar refractivity (Wildman–Crippen MR) is 100 cm³/mol. The molecule has 2 N–H and O–H groups in total. The van der Waals surface area contributed by atoms with Crippen LogP contribution in [0.1, 0.15) is 17.7 Å². The molecular weight excluding hydrogens is 373 g/mol. The molecule has 0 aromatic carbocycles. The number of nitrogens with one attached hydrogen (secondary N) is 2. The van der Waals surface area contributed by atoms with Gasteiger partial charge in [0.15, 0.2) is 0 Å². The van der Waals surface area contributed by atoms with Crippen molar-refractivity contribution in [2.45, 2.75) is 12.6 Å². The molecule has 0 radical (unpaired) electrons. The predicted octanol–water partition coefficient (Wildman–Crippen LogP) is 3.13. The summed E-state index contributed by atoms with van der Waals surface area (Å²) >= 11 is 0. The Kier molecular flexibility index (Phi) is 5.56. The summed E-state index contributed by atoms with van der Waals surface area (Å²) in [5.41, 5.74) is 1.62. The van der Waals surface area contributed by atoms with E-state index in [-0.39, 0.29) is 5.69 Å². The summed E-state index contributed by atoms with van der Waals surface area (Å²) < 4.78 is 51.3. The Morgan fingerprint density at radius 2 is 2.00 bits per heavy atom. The van der Waals surface area contributed by atoms with E-state index in [4.69, 9.17) is 9.47 Å². The number of fused-ring (bicyclic) bond motifs is 1. The second-order valence-electron chi connectivity index (χ2n) is 6.92. The fraction of sp³-hybridized carbons (Fsp3) is 0.526. The average molecular weight is 396 g/mol. The minimum absolute atomic E-state index is 0.0842. The number of pyridine rings is 1. The lowest BCUT2D eigenvalue weighted by Gasteiger charge is -2.27. The number of aromatic amines is 1. The topological polar surface area (TPSA) is 62.4 Å². The highest BCUT2D eigenvalue weighted by Gasteiger charge is 2.35. The minimum atomic E-state index is -4.47. The molecule has 2 aliphatic heterocycles. The lowest BCUT2D eigenvalue weighted by atomic mass is 10.1. The molecule has 152 valence electrons. The standard InChI is InChI=1S/C19H23F3N4O2/c20-19(21,22)15-12-24-18-14(11-16(25-18)13-1-7-27-8-2-13)17(15)23-3-4-26-5-9-28-10-6-26/h1,11-12H,2-10H2,(H2,23,24,25). The zero-order valence-corrected chi connectivity index (χ0v) is 15.4. The Hall–Kier alpha value is -2.10. The van der Waals surface area contributed by atoms with Crippen molar-refractivity contribution in [1.29, 1.82) is 0 Å². The third-order valence-corrected chi connectivity index (χ3v) is 5.11. The highest BCUT2D eigenvalue weighted by Crippen LogP contribution is 2.39. The molecule has 0 unspecified atom stereocenters. The van der Waals surface area contributed by atoms with Crippen LogP contribution in [0.25, 0.3) is 16.6 Å². The number of alkyl halides is 3. The molecule has 0 saturated carbocycles. The normalized spacial score (nSPS) is 19.0. The van der Waals surface area contributed by atoms with Crippen LogP contribution >= 0.6 is 0 Å². The molecule has 0 spiro atoms. The van der Waals surface area contributed by atoms with Gasteiger partial charge in [-0.3, -0.25) is 4.90 Å². The van der Waals surface area contributed by atoms with Gasteiger partial charge in [0.05, 0.1) is 37.7 Å². The second-order valence-corrected chi connectivity index (χ2v) is 6.92. The van der Waals surface area contributed by atoms with Gasteiger partial charge in [-0.2, -0.15) is 13.2 Å². The van der Waals surface area contributed by atoms with Crippen molar-refractivity contribution in [2.24, 2.45) is 0 Å². The molecule has 1 fully saturated rings. The number of rotatable bonds is 5. The Labute approximate surface area is 160 Å². The van der Waals surface area contributed by atoms with E-state index >= 15 is 0 Å². The number of H-pyrrole nitrogens is 1. The van der Waals surface area contributed by atoms with Crippen LogP contribution in [0, 0.1) is 0 Å². The summed E-state index contributed by atoms with van der Waals surface area (Å²) in [4.78, 5) is 9.35. The molecule has 0 atom stereocenters. The molecule has 0 amide bonds. The van der Waals surface area contributed by atoms with Gasteiger partial charge in [0.2, 0.25) is 0 Å². The van der Waals surface area contributed by atoms with E-state index in [0.29, 0.717) is 50.6 Å². The highest BCUT2D eigenvalue weighted by atomic mass is 19.4. The Balaban J connectivity index is 1.62. The van der Waals surface area contributed by atoms with Crippen molar-refractivity contribution in [3.63, 3.8) is 0 Å². The Morgan fingerprint density at radius 3 is 2.71 bits per heavy atom. The SMILES string of the molecule is FC(F)(F)c1cnc2[nH]c(C3=CCOCC3)cc2c1NCCN1CCOCC1. The zero-order valence-electron chi connectivity index (χ0n) is 15.4. The quantitative estimate of drug-likeness (QED) is 0.813. The van der Waals surface area contributed by atoms with E-state index in [1.54, 1.807) is 6.07 Å². The van der Waals surface area contributed by atoms with Crippen molar-refractivity contribution in [3.05, 3.63) is 29.6 Å². The van der Waals surface area contributed by atoms with E-state index in [9.17, 15) is 13.2 Å². The van der Waals surface area contributed by atoms with Crippen LogP contribution in [0.3, 0.4) is 0 Å². The lowest BCUT2D eigenvalue weighted by Crippen LogP contribution is -2.39. The largest absolute Gasteiger partial charge is 0.419 e. The summed E-state index contributed by atoms with van der Waals surface area (Å²) in [6, 6.07) is 1.76. The van der Waals surface area contributed by atoms with E-state index in [1.165, 1.54) is 0 Å². The third-order valence-electron chi connectivity index (χ3n) is 5.11. The van der Waals surface area contributed by atoms with Gasteiger partial charge in [0.1, 0.15) is 5.65 Å². The van der Waals surface area contributed by atoms with Crippen molar-refractivity contribution in [2.75, 3.05) is 57.9 Å². The molecule has 4 heterocycles. The molecule has 2 aromatic heterocycles. The molecule has 2 aromatic rings. The molecule has 4 rings (SSSR count). The van der Waals surface area contributed by atoms with E-state index in [1.807, 2.05) is 6.08 Å². The number of morpholine rings is 1. The number of hydrogen-bond donors (Lipinski definition) is 2. The monoisotopic (exact) mass is 396 g/mol. The molecule has 1 saturated heterocycles. The van der Waals surface area contributed by atoms with Gasteiger partial charge < -0.3 is 19.8 Å². The second kappa shape index (κ2) is 8.10. The maximum absolute atomic E-state index is 13.6. The van der Waals surface area contributed by atoms with Crippen LogP contribution < -0.4 is 5.32 Å². The zero-order chi connectivity index (χ0) is 19.6. The maximum Gasteiger partial charge on any atom is 0.419 e. The Morgan fingerprint density at radius 1 is 1.18 bits per heavy atom. The maximum atomic E-state index is 13.6. The first kappa shape index (κ1) is 19.2. The van der Waals surface area contributed by atoms with Crippen LogP contribution in [0.4, 0.5) is 18.9 Å². The van der Waals surface area contributed by atoms with Crippen molar-refractivity contribution in [1.82, 2.24) is 14.9 Å². The van der Waals surface area contributed by atoms with Gasteiger partial charge in [-0.25, -0.2) is 4.98 Å². The number of aromatic nitrogens is 2. The van der Waals surface area contributed by atoms with Crippen molar-refractivity contribution in [3.8, 4) is 0 Å². The number of hydrogen-bond acceptors (Lipinski definition) is 5. The van der Waals surface area contributed by atoms with Gasteiger partial charge >= 0.3 is 6.18 Å². The molecule has 0 bridgehead atoms. The van der Waals surface area contributed by atoms with Crippen LogP contribution in [0.5, 0.6) is 0 Å². The summed E-state index contributed by atoms with van der Waals surface area (Å²) in [6.07, 6.45) is -0.904. The molecule has 28 heavy (non-hydrogen) atoms. The summed E-state index contributed by atoms with van der Waals surface area (Å²) in [5.74, 6) is 0. The van der Waals surface area contributed by atoms with Gasteiger partial charge in [-0.15, -0.1) is 0 Å². The highest BCUT2D eigenvalue weighted by molar-refractivity contribution is 5.94. The number of anilines is 1. The van der Waals surface area contributed by atoms with Gasteiger partial charge in [0, 0.05) is 43.5 Å². The number of halogens is 3. The summed E-state index contributed by atoms with van der Waals surface area (Å²) in [6.45, 7) is 5.10. The van der Waals surface area contributed by atoms with Gasteiger partial charge in [-0.05, 0) is 18.1 Å². The number of ether oxygens (including phenoxy) is 2. The van der Waals surface area contributed by atoms with Crippen LogP contribution in [0.2, 0.25) is 0 Å². The van der Waals surface area contributed by atoms with Crippen LogP contribution in [0.15, 0.2) is 18.3 Å². The first-order valence-electron chi connectivity index (χ1n) is 9.42. The van der Waals surface area contributed by atoms with E-state index in [2.05, 4.69) is 20.2 Å². The van der Waals surface area contributed by atoms with Crippen molar-refractivity contribution < 1.29 is 22.6 Å². The molecule has 2 aliphatic rings. The molecular formula is C19H23F3N4O2. The average Bonchev–Trinajstić information content (AvgIpc) is 3.13. The van der Waals surface area contributed by atoms with Gasteiger partial charge in [-0.1, -0.05) is 6.08 Å². The number of nitrogens with zero attached hydrogens (tertiary/aromatic N) is 2. The third kappa shape index (κ3) is 4.16. The summed E-state index contributed by atoms with van der Waals surface area (Å²) in [7, 11) is 0. The molecule has 0 aliphatic carbocycles. The van der Waals surface area contributed by atoms with Crippen LogP contribution in [-0.2, 0) is 15.7 Å². The van der Waals surface area contributed by atoms with E-state index in [0.717, 1.165) is 37.0 Å². The smallest absolute Gasteiger partial charge is 0.383 e. The minimum Gasteiger partial charge on any atom is -0.383 e. The fourth-order valence-corrected chi connectivity index (χ4v) is 3.59. The Bertz CT molecular complexity index is 857. The molecule has 6 nitrogen and oxygen atoms in total. The fourth-order valence-electron chi connectivity index (χ4n) is 3.59. The first-order valence-corrected chi connectivity index (χ1v) is 9.42. The van der Waals surface area contributed by atoms with Crippen LogP contribution in [-0.4, -0.2) is 67.5 Å². The lowest BCUT2D eigenvalue weighted by molar-refractivity contribution is -0.137.